The van der Waals surface area contributed by atoms with Crippen LogP contribution in [0.5, 0.6) is 0 Å². The third-order valence-corrected chi connectivity index (χ3v) is 2.99. The Morgan fingerprint density at radius 1 is 1.05 bits per heavy atom. The van der Waals surface area contributed by atoms with Gasteiger partial charge in [0.2, 0.25) is 5.95 Å². The molecule has 3 rings (SSSR count). The van der Waals surface area contributed by atoms with Gasteiger partial charge in [0.15, 0.2) is 0 Å². The predicted molar refractivity (Wildman–Crippen MR) is 75.5 cm³/mol. The van der Waals surface area contributed by atoms with Crippen LogP contribution in [0.2, 0.25) is 0 Å². The Labute approximate surface area is 115 Å². The van der Waals surface area contributed by atoms with Crippen molar-refractivity contribution in [2.75, 3.05) is 5.32 Å². The van der Waals surface area contributed by atoms with Crippen LogP contribution in [0.25, 0.3) is 11.3 Å². The second-order valence-electron chi connectivity index (χ2n) is 4.39. The van der Waals surface area contributed by atoms with E-state index in [2.05, 4.69) is 20.5 Å². The molecule has 0 aliphatic carbocycles. The molecule has 0 fully saturated rings. The van der Waals surface area contributed by atoms with Crippen LogP contribution in [0.3, 0.4) is 0 Å². The molecule has 0 unspecified atom stereocenters. The molecule has 20 heavy (non-hydrogen) atoms. The lowest BCUT2D eigenvalue weighted by molar-refractivity contribution is 0.584. The standard InChI is InChI=1S/C15H13FN4/c16-15-9-13(5-7-17-15)18-10-11-1-3-12(4-2-11)14-6-8-19-20-14/h1-9H,10H2,(H,17,18)(H,19,20). The van der Waals surface area contributed by atoms with E-state index >= 15 is 0 Å². The number of pyridine rings is 1. The van der Waals surface area contributed by atoms with E-state index in [1.54, 1.807) is 12.3 Å². The number of aromatic amines is 1. The maximum Gasteiger partial charge on any atom is 0.214 e. The number of H-pyrrole nitrogens is 1. The van der Waals surface area contributed by atoms with Gasteiger partial charge in [0, 0.05) is 30.7 Å². The molecule has 100 valence electrons. The highest BCUT2D eigenvalue weighted by molar-refractivity contribution is 5.58. The Hall–Kier alpha value is -2.69. The van der Waals surface area contributed by atoms with Crippen molar-refractivity contribution in [3.63, 3.8) is 0 Å². The van der Waals surface area contributed by atoms with Gasteiger partial charge in [0.25, 0.3) is 0 Å². The molecule has 2 N–H and O–H groups in total. The zero-order valence-electron chi connectivity index (χ0n) is 10.7. The Morgan fingerprint density at radius 3 is 2.60 bits per heavy atom. The first-order valence-corrected chi connectivity index (χ1v) is 6.25. The second kappa shape index (κ2) is 5.52. The molecule has 0 radical (unpaired) electrons. The molecule has 4 nitrogen and oxygen atoms in total. The maximum atomic E-state index is 12.9. The minimum Gasteiger partial charge on any atom is -0.381 e. The third-order valence-electron chi connectivity index (χ3n) is 2.99. The summed E-state index contributed by atoms with van der Waals surface area (Å²) < 4.78 is 12.9. The van der Waals surface area contributed by atoms with Crippen LogP contribution in [0.15, 0.2) is 54.9 Å². The summed E-state index contributed by atoms with van der Waals surface area (Å²) in [7, 11) is 0. The van der Waals surface area contributed by atoms with Crippen LogP contribution in [-0.4, -0.2) is 15.2 Å². The smallest absolute Gasteiger partial charge is 0.214 e. The van der Waals surface area contributed by atoms with Crippen LogP contribution in [0, 0.1) is 5.95 Å². The molecule has 0 aliphatic heterocycles. The van der Waals surface area contributed by atoms with Crippen LogP contribution < -0.4 is 5.32 Å². The van der Waals surface area contributed by atoms with E-state index in [4.69, 9.17) is 0 Å². The molecule has 0 spiro atoms. The normalized spacial score (nSPS) is 10.4. The maximum absolute atomic E-state index is 12.9. The largest absolute Gasteiger partial charge is 0.381 e. The summed E-state index contributed by atoms with van der Waals surface area (Å²) in [6.45, 7) is 0.632. The molecule has 5 heteroatoms. The highest BCUT2D eigenvalue weighted by Crippen LogP contribution is 2.17. The predicted octanol–water partition coefficient (Wildman–Crippen LogP) is 3.22. The lowest BCUT2D eigenvalue weighted by atomic mass is 10.1. The zero-order valence-corrected chi connectivity index (χ0v) is 10.7. The fourth-order valence-electron chi connectivity index (χ4n) is 1.94. The quantitative estimate of drug-likeness (QED) is 0.714. The third kappa shape index (κ3) is 2.83. The summed E-state index contributed by atoms with van der Waals surface area (Å²) in [5, 5.41) is 10.0. The molecule has 0 saturated carbocycles. The molecule has 2 aromatic heterocycles. The number of anilines is 1. The first kappa shape index (κ1) is 12.3. The number of rotatable bonds is 4. The Bertz CT molecular complexity index is 677. The average Bonchev–Trinajstić information content (AvgIpc) is 3.00. The fraction of sp³-hybridized carbons (Fsp3) is 0.0667. The molecular weight excluding hydrogens is 255 g/mol. The molecule has 1 aromatic carbocycles. The number of nitrogens with zero attached hydrogens (tertiary/aromatic N) is 2. The van der Waals surface area contributed by atoms with E-state index < -0.39 is 5.95 Å². The highest BCUT2D eigenvalue weighted by atomic mass is 19.1. The van der Waals surface area contributed by atoms with Crippen LogP contribution in [0.4, 0.5) is 10.1 Å². The van der Waals surface area contributed by atoms with Gasteiger partial charge in [-0.15, -0.1) is 0 Å². The van der Waals surface area contributed by atoms with Gasteiger partial charge in [-0.05, 0) is 23.3 Å². The van der Waals surface area contributed by atoms with E-state index in [0.717, 1.165) is 22.5 Å². The lowest BCUT2D eigenvalue weighted by Gasteiger charge is -2.07. The number of hydrogen-bond acceptors (Lipinski definition) is 3. The van der Waals surface area contributed by atoms with Crippen LogP contribution >= 0.6 is 0 Å². The van der Waals surface area contributed by atoms with Gasteiger partial charge < -0.3 is 5.32 Å². The van der Waals surface area contributed by atoms with Gasteiger partial charge in [0.1, 0.15) is 0 Å². The average molecular weight is 268 g/mol. The van der Waals surface area contributed by atoms with Crippen molar-refractivity contribution in [3.05, 3.63) is 66.4 Å². The summed E-state index contributed by atoms with van der Waals surface area (Å²) in [5.41, 5.74) is 3.91. The highest BCUT2D eigenvalue weighted by Gasteiger charge is 2.00. The number of nitrogens with one attached hydrogen (secondary N) is 2. The van der Waals surface area contributed by atoms with Gasteiger partial charge >= 0.3 is 0 Å². The molecule has 3 aromatic rings. The minimum atomic E-state index is -0.482. The van der Waals surface area contributed by atoms with E-state index in [1.165, 1.54) is 12.3 Å². The number of halogens is 1. The Kier molecular flexibility index (Phi) is 3.41. The minimum absolute atomic E-state index is 0.482. The Morgan fingerprint density at radius 2 is 1.90 bits per heavy atom. The SMILES string of the molecule is Fc1cc(NCc2ccc(-c3ccn[nH]3)cc2)ccn1. The summed E-state index contributed by atoms with van der Waals surface area (Å²) in [6, 6.07) is 13.1. The van der Waals surface area contributed by atoms with E-state index in [1.807, 2.05) is 30.3 Å². The van der Waals surface area contributed by atoms with Gasteiger partial charge in [-0.3, -0.25) is 5.10 Å². The number of benzene rings is 1. The van der Waals surface area contributed by atoms with E-state index in [9.17, 15) is 4.39 Å². The van der Waals surface area contributed by atoms with Crippen molar-refractivity contribution in [3.8, 4) is 11.3 Å². The van der Waals surface area contributed by atoms with E-state index in [0.29, 0.717) is 6.54 Å². The van der Waals surface area contributed by atoms with E-state index in [-0.39, 0.29) is 0 Å². The molecular formula is C15H13FN4. The van der Waals surface area contributed by atoms with Crippen molar-refractivity contribution in [1.29, 1.82) is 0 Å². The number of hydrogen-bond donors (Lipinski definition) is 2. The number of aromatic nitrogens is 3. The van der Waals surface area contributed by atoms with Crippen molar-refractivity contribution in [2.24, 2.45) is 0 Å². The Balaban J connectivity index is 1.67. The summed E-state index contributed by atoms with van der Waals surface area (Å²) in [5.74, 6) is -0.482. The van der Waals surface area contributed by atoms with Crippen molar-refractivity contribution in [1.82, 2.24) is 15.2 Å². The molecule has 0 aliphatic rings. The summed E-state index contributed by atoms with van der Waals surface area (Å²) in [4.78, 5) is 3.52. The van der Waals surface area contributed by atoms with Crippen molar-refractivity contribution < 1.29 is 4.39 Å². The summed E-state index contributed by atoms with van der Waals surface area (Å²) in [6.07, 6.45) is 3.17. The molecule has 0 amide bonds. The summed E-state index contributed by atoms with van der Waals surface area (Å²) >= 11 is 0. The van der Waals surface area contributed by atoms with Gasteiger partial charge in [-0.1, -0.05) is 24.3 Å². The fourth-order valence-corrected chi connectivity index (χ4v) is 1.94. The molecule has 0 saturated heterocycles. The van der Waals surface area contributed by atoms with Gasteiger partial charge in [-0.25, -0.2) is 4.98 Å². The lowest BCUT2D eigenvalue weighted by Crippen LogP contribution is -2.00. The first-order chi connectivity index (χ1) is 9.81. The van der Waals surface area contributed by atoms with Crippen molar-refractivity contribution >= 4 is 5.69 Å². The monoisotopic (exact) mass is 268 g/mol. The van der Waals surface area contributed by atoms with Gasteiger partial charge in [-0.2, -0.15) is 9.49 Å². The molecule has 2 heterocycles. The second-order valence-corrected chi connectivity index (χ2v) is 4.39. The first-order valence-electron chi connectivity index (χ1n) is 6.25. The van der Waals surface area contributed by atoms with Crippen molar-refractivity contribution in [2.45, 2.75) is 6.54 Å². The molecule has 0 atom stereocenters. The van der Waals surface area contributed by atoms with Crippen LogP contribution in [-0.2, 0) is 6.54 Å². The van der Waals surface area contributed by atoms with Gasteiger partial charge in [0.05, 0.1) is 5.69 Å². The molecule has 0 bridgehead atoms. The zero-order chi connectivity index (χ0) is 13.8. The van der Waals surface area contributed by atoms with Crippen LogP contribution in [0.1, 0.15) is 5.56 Å². The topological polar surface area (TPSA) is 53.6 Å².